The number of carbonyl (C=O) groups excluding carboxylic acids is 1. The lowest BCUT2D eigenvalue weighted by molar-refractivity contribution is -0.143. The fourth-order valence-corrected chi connectivity index (χ4v) is 2.06. The van der Waals surface area contributed by atoms with E-state index in [1.807, 2.05) is 19.1 Å². The predicted octanol–water partition coefficient (Wildman–Crippen LogP) is 3.28. The lowest BCUT2D eigenvalue weighted by Gasteiger charge is -2.13. The van der Waals surface area contributed by atoms with E-state index in [1.165, 1.54) is 5.56 Å². The smallest absolute Gasteiger partial charge is 0.306 e. The maximum atomic E-state index is 11.5. The number of hydrogen-bond acceptors (Lipinski definition) is 4. The van der Waals surface area contributed by atoms with E-state index >= 15 is 0 Å². The summed E-state index contributed by atoms with van der Waals surface area (Å²) >= 11 is 0. The van der Waals surface area contributed by atoms with Gasteiger partial charge in [-0.3, -0.25) is 4.79 Å². The molecule has 126 valence electrons. The Morgan fingerprint density at radius 1 is 1.23 bits per heavy atom. The third kappa shape index (κ3) is 7.66. The average molecular weight is 330 g/mol. The van der Waals surface area contributed by atoms with Crippen molar-refractivity contribution in [3.8, 4) is 5.75 Å². The molecule has 0 amide bonds. The van der Waals surface area contributed by atoms with Gasteiger partial charge in [0.15, 0.2) is 0 Å². The largest absolute Gasteiger partial charge is 0.493 e. The van der Waals surface area contributed by atoms with Crippen LogP contribution in [0.2, 0.25) is 0 Å². The molecule has 0 aliphatic rings. The summed E-state index contributed by atoms with van der Waals surface area (Å²) in [6.07, 6.45) is 3.98. The van der Waals surface area contributed by atoms with Crippen molar-refractivity contribution in [1.82, 2.24) is 0 Å². The maximum absolute atomic E-state index is 11.5. The van der Waals surface area contributed by atoms with Gasteiger partial charge in [0.25, 0.3) is 0 Å². The number of halogens is 1. The third-order valence-corrected chi connectivity index (χ3v) is 3.22. The van der Waals surface area contributed by atoms with Crippen molar-refractivity contribution in [2.75, 3.05) is 19.8 Å². The van der Waals surface area contributed by atoms with Crippen LogP contribution >= 0.6 is 12.4 Å². The van der Waals surface area contributed by atoms with Crippen LogP contribution in [-0.4, -0.2) is 25.7 Å². The van der Waals surface area contributed by atoms with Gasteiger partial charge in [0.05, 0.1) is 13.2 Å². The molecule has 1 aromatic carbocycles. The molecule has 0 heterocycles. The molecule has 1 aromatic rings. The average Bonchev–Trinajstić information content (AvgIpc) is 2.47. The number of hydrogen-bond donors (Lipinski definition) is 1. The Morgan fingerprint density at radius 2 is 2.00 bits per heavy atom. The van der Waals surface area contributed by atoms with Crippen molar-refractivity contribution in [3.05, 3.63) is 29.3 Å². The molecular weight excluding hydrogens is 302 g/mol. The first-order valence-electron chi connectivity index (χ1n) is 7.81. The minimum absolute atomic E-state index is 0. The third-order valence-electron chi connectivity index (χ3n) is 3.22. The summed E-state index contributed by atoms with van der Waals surface area (Å²) in [7, 11) is 0. The highest BCUT2D eigenvalue weighted by atomic mass is 35.5. The summed E-state index contributed by atoms with van der Waals surface area (Å²) in [6, 6.07) is 6.13. The van der Waals surface area contributed by atoms with Crippen molar-refractivity contribution in [2.24, 2.45) is 5.73 Å². The van der Waals surface area contributed by atoms with Crippen LogP contribution in [0.15, 0.2) is 18.2 Å². The van der Waals surface area contributed by atoms with E-state index in [2.05, 4.69) is 13.0 Å². The second kappa shape index (κ2) is 12.3. The zero-order valence-corrected chi connectivity index (χ0v) is 14.4. The van der Waals surface area contributed by atoms with E-state index in [0.717, 1.165) is 30.6 Å². The molecule has 5 heteroatoms. The number of esters is 1. The highest BCUT2D eigenvalue weighted by Gasteiger charge is 2.09. The fraction of sp³-hybridized carbons (Fsp3) is 0.588. The Morgan fingerprint density at radius 3 is 2.64 bits per heavy atom. The van der Waals surface area contributed by atoms with Gasteiger partial charge < -0.3 is 15.2 Å². The van der Waals surface area contributed by atoms with E-state index in [1.54, 1.807) is 0 Å². The quantitative estimate of drug-likeness (QED) is 0.528. The summed E-state index contributed by atoms with van der Waals surface area (Å²) in [6.45, 7) is 5.70. The fourth-order valence-electron chi connectivity index (χ4n) is 2.06. The van der Waals surface area contributed by atoms with Crippen LogP contribution < -0.4 is 10.5 Å². The van der Waals surface area contributed by atoms with Gasteiger partial charge in [0.1, 0.15) is 5.75 Å². The molecule has 0 saturated heterocycles. The van der Waals surface area contributed by atoms with Gasteiger partial charge in [-0.15, -0.1) is 12.4 Å². The summed E-state index contributed by atoms with van der Waals surface area (Å²) in [5.74, 6) is 0.710. The van der Waals surface area contributed by atoms with Crippen LogP contribution in [0.4, 0.5) is 0 Å². The molecule has 22 heavy (non-hydrogen) atoms. The van der Waals surface area contributed by atoms with Crippen LogP contribution in [-0.2, 0) is 22.4 Å². The monoisotopic (exact) mass is 329 g/mol. The maximum Gasteiger partial charge on any atom is 0.306 e. The molecule has 0 atom stereocenters. The highest BCUT2D eigenvalue weighted by molar-refractivity contribution is 5.85. The molecule has 0 aliphatic heterocycles. The SMILES string of the molecule is CCCCOc1cc(CCN)ccc1CCC(=O)OCC.Cl. The van der Waals surface area contributed by atoms with Gasteiger partial charge in [-0.1, -0.05) is 25.5 Å². The first kappa shape index (κ1) is 20.7. The molecule has 4 nitrogen and oxygen atoms in total. The normalized spacial score (nSPS) is 9.95. The standard InChI is InChI=1S/C17H27NO3.ClH/c1-3-5-12-21-16-13-14(10-11-18)6-7-15(16)8-9-17(19)20-4-2;/h6-7,13H,3-5,8-12,18H2,1-2H3;1H. The van der Waals surface area contributed by atoms with Crippen molar-refractivity contribution in [3.63, 3.8) is 0 Å². The first-order chi connectivity index (χ1) is 10.2. The van der Waals surface area contributed by atoms with Crippen molar-refractivity contribution >= 4 is 18.4 Å². The van der Waals surface area contributed by atoms with Gasteiger partial charge in [-0.2, -0.15) is 0 Å². The van der Waals surface area contributed by atoms with E-state index in [4.69, 9.17) is 15.2 Å². The van der Waals surface area contributed by atoms with E-state index in [9.17, 15) is 4.79 Å². The van der Waals surface area contributed by atoms with Crippen LogP contribution in [0.3, 0.4) is 0 Å². The molecule has 2 N–H and O–H groups in total. The van der Waals surface area contributed by atoms with Crippen LogP contribution in [0.1, 0.15) is 44.2 Å². The number of rotatable bonds is 10. The van der Waals surface area contributed by atoms with Crippen LogP contribution in [0.5, 0.6) is 5.75 Å². The van der Waals surface area contributed by atoms with Crippen LogP contribution in [0.25, 0.3) is 0 Å². The molecule has 0 aromatic heterocycles. The zero-order chi connectivity index (χ0) is 15.5. The Balaban J connectivity index is 0.00000441. The van der Waals surface area contributed by atoms with E-state index in [0.29, 0.717) is 32.6 Å². The molecular formula is C17H28ClNO3. The molecule has 0 bridgehead atoms. The van der Waals surface area contributed by atoms with E-state index in [-0.39, 0.29) is 18.4 Å². The predicted molar refractivity (Wildman–Crippen MR) is 91.8 cm³/mol. The topological polar surface area (TPSA) is 61.5 Å². The Kier molecular flexibility index (Phi) is 11.6. The molecule has 0 spiro atoms. The number of benzene rings is 1. The minimum atomic E-state index is -0.164. The summed E-state index contributed by atoms with van der Waals surface area (Å²) in [5, 5.41) is 0. The number of aryl methyl sites for hydroxylation is 1. The molecule has 0 fully saturated rings. The van der Waals surface area contributed by atoms with Crippen molar-refractivity contribution < 1.29 is 14.3 Å². The Hall–Kier alpha value is -1.26. The van der Waals surface area contributed by atoms with Gasteiger partial charge in [0, 0.05) is 6.42 Å². The Bertz CT molecular complexity index is 438. The molecule has 0 aliphatic carbocycles. The molecule has 0 radical (unpaired) electrons. The first-order valence-corrected chi connectivity index (χ1v) is 7.81. The second-order valence-electron chi connectivity index (χ2n) is 4.99. The van der Waals surface area contributed by atoms with Crippen molar-refractivity contribution in [2.45, 2.75) is 46.0 Å². The van der Waals surface area contributed by atoms with Gasteiger partial charge in [-0.05, 0) is 49.9 Å². The molecule has 1 rings (SSSR count). The zero-order valence-electron chi connectivity index (χ0n) is 13.6. The van der Waals surface area contributed by atoms with Gasteiger partial charge >= 0.3 is 5.97 Å². The molecule has 0 unspecified atom stereocenters. The van der Waals surface area contributed by atoms with Gasteiger partial charge in [-0.25, -0.2) is 0 Å². The van der Waals surface area contributed by atoms with Crippen molar-refractivity contribution in [1.29, 1.82) is 0 Å². The summed E-state index contributed by atoms with van der Waals surface area (Å²) < 4.78 is 10.8. The number of unbranched alkanes of at least 4 members (excludes halogenated alkanes) is 1. The van der Waals surface area contributed by atoms with Gasteiger partial charge in [0.2, 0.25) is 0 Å². The lowest BCUT2D eigenvalue weighted by atomic mass is 10.0. The second-order valence-corrected chi connectivity index (χ2v) is 4.99. The Labute approximate surface area is 139 Å². The molecule has 0 saturated carbocycles. The summed E-state index contributed by atoms with van der Waals surface area (Å²) in [4.78, 5) is 11.5. The van der Waals surface area contributed by atoms with E-state index < -0.39 is 0 Å². The lowest BCUT2D eigenvalue weighted by Crippen LogP contribution is -2.08. The van der Waals surface area contributed by atoms with Crippen LogP contribution in [0, 0.1) is 0 Å². The summed E-state index contributed by atoms with van der Waals surface area (Å²) in [5.41, 5.74) is 7.83. The number of carbonyl (C=O) groups is 1. The number of nitrogens with two attached hydrogens (primary N) is 1. The minimum Gasteiger partial charge on any atom is -0.493 e. The highest BCUT2D eigenvalue weighted by Crippen LogP contribution is 2.23. The number of ether oxygens (including phenoxy) is 2.